The SMILES string of the molecule is CCC(=O)NCC(=O)OC1(CC)C(=O)OCc2c1cc1n(c2=O)Cc2cc3c(CN(C)C)c(O)ccc3nc2-1. The van der Waals surface area contributed by atoms with Crippen molar-refractivity contribution in [3.8, 4) is 17.1 Å². The van der Waals surface area contributed by atoms with E-state index < -0.39 is 24.1 Å². The van der Waals surface area contributed by atoms with Crippen LogP contribution in [0.2, 0.25) is 0 Å². The molecule has 2 aromatic heterocycles. The van der Waals surface area contributed by atoms with Crippen LogP contribution in [0.3, 0.4) is 0 Å². The molecule has 204 valence electrons. The van der Waals surface area contributed by atoms with Gasteiger partial charge in [-0.3, -0.25) is 14.4 Å². The number of ether oxygens (including phenoxy) is 2. The third-order valence-electron chi connectivity index (χ3n) is 7.26. The second-order valence-corrected chi connectivity index (χ2v) is 10.0. The molecule has 11 nitrogen and oxygen atoms in total. The summed E-state index contributed by atoms with van der Waals surface area (Å²) in [5, 5.41) is 13.7. The van der Waals surface area contributed by atoms with Crippen LogP contribution in [0.4, 0.5) is 0 Å². The second kappa shape index (κ2) is 9.81. The van der Waals surface area contributed by atoms with Crippen LogP contribution in [0.15, 0.2) is 29.1 Å². The minimum Gasteiger partial charge on any atom is -0.508 e. The van der Waals surface area contributed by atoms with Crippen molar-refractivity contribution in [1.82, 2.24) is 19.8 Å². The fraction of sp³-hybridized carbons (Fsp3) is 0.393. The number of aromatic nitrogens is 2. The number of phenolic OH excluding ortho intramolecular Hbond substituents is 1. The third-order valence-corrected chi connectivity index (χ3v) is 7.26. The van der Waals surface area contributed by atoms with Gasteiger partial charge in [-0.2, -0.15) is 0 Å². The van der Waals surface area contributed by atoms with Crippen LogP contribution in [-0.2, 0) is 49.2 Å². The Labute approximate surface area is 224 Å². The van der Waals surface area contributed by atoms with Crippen LogP contribution in [0.1, 0.15) is 48.9 Å². The average Bonchev–Trinajstić information content (AvgIpc) is 3.27. The molecule has 0 aliphatic carbocycles. The van der Waals surface area contributed by atoms with Gasteiger partial charge in [-0.15, -0.1) is 0 Å². The summed E-state index contributed by atoms with van der Waals surface area (Å²) in [5.74, 6) is -1.76. The summed E-state index contributed by atoms with van der Waals surface area (Å²) in [6, 6.07) is 6.95. The lowest BCUT2D eigenvalue weighted by atomic mass is 9.85. The van der Waals surface area contributed by atoms with E-state index in [0.717, 1.165) is 16.5 Å². The number of carbonyl (C=O) groups excluding carboxylic acids is 3. The lowest BCUT2D eigenvalue weighted by Crippen LogP contribution is -2.48. The van der Waals surface area contributed by atoms with E-state index in [1.807, 2.05) is 25.1 Å². The summed E-state index contributed by atoms with van der Waals surface area (Å²) in [5.41, 5.74) is 1.57. The Morgan fingerprint density at radius 3 is 2.69 bits per heavy atom. The number of cyclic esters (lactones) is 1. The lowest BCUT2D eigenvalue weighted by Gasteiger charge is -2.35. The van der Waals surface area contributed by atoms with Gasteiger partial charge < -0.3 is 29.4 Å². The van der Waals surface area contributed by atoms with Crippen molar-refractivity contribution in [2.24, 2.45) is 0 Å². The number of hydrogen-bond acceptors (Lipinski definition) is 9. The molecule has 0 radical (unpaired) electrons. The summed E-state index contributed by atoms with van der Waals surface area (Å²) < 4.78 is 12.6. The molecule has 1 aromatic carbocycles. The maximum Gasteiger partial charge on any atom is 0.355 e. The van der Waals surface area contributed by atoms with Crippen molar-refractivity contribution < 1.29 is 29.0 Å². The van der Waals surface area contributed by atoms with Crippen LogP contribution >= 0.6 is 0 Å². The Kier molecular flexibility index (Phi) is 6.63. The van der Waals surface area contributed by atoms with Crippen molar-refractivity contribution in [2.75, 3.05) is 20.6 Å². The number of amides is 1. The number of nitrogens with zero attached hydrogens (tertiary/aromatic N) is 3. The molecule has 0 saturated carbocycles. The highest BCUT2D eigenvalue weighted by molar-refractivity contribution is 5.90. The first-order valence-electron chi connectivity index (χ1n) is 12.8. The van der Waals surface area contributed by atoms with E-state index in [2.05, 4.69) is 5.32 Å². The van der Waals surface area contributed by atoms with Crippen molar-refractivity contribution in [2.45, 2.75) is 52.0 Å². The quantitative estimate of drug-likeness (QED) is 0.340. The maximum atomic E-state index is 13.7. The van der Waals surface area contributed by atoms with E-state index in [0.29, 0.717) is 23.4 Å². The minimum absolute atomic E-state index is 0.0281. The molecule has 11 heteroatoms. The molecule has 0 fully saturated rings. The summed E-state index contributed by atoms with van der Waals surface area (Å²) >= 11 is 0. The standard InChI is InChI=1S/C28H30N4O7/c1-5-23(34)29-11-24(35)39-28(6-2)19-10-21-25-15(12-32(21)26(36)18(19)14-38-27(28)37)9-16-17(13-31(3)4)22(33)8-7-20(16)30-25/h7-10,33H,5-6,11-14H2,1-4H3,(H,29,34). The molecule has 2 aliphatic rings. The fourth-order valence-corrected chi connectivity index (χ4v) is 5.27. The number of benzene rings is 1. The first-order chi connectivity index (χ1) is 18.6. The zero-order valence-electron chi connectivity index (χ0n) is 22.3. The van der Waals surface area contributed by atoms with E-state index in [1.165, 1.54) is 0 Å². The molecular weight excluding hydrogens is 504 g/mol. The van der Waals surface area contributed by atoms with E-state index in [1.54, 1.807) is 36.6 Å². The van der Waals surface area contributed by atoms with Crippen molar-refractivity contribution >= 4 is 28.7 Å². The topological polar surface area (TPSA) is 140 Å². The molecule has 1 amide bonds. The number of pyridine rings is 2. The molecule has 2 aliphatic heterocycles. The van der Waals surface area contributed by atoms with Crippen LogP contribution in [0, 0.1) is 0 Å². The molecule has 2 N–H and O–H groups in total. The van der Waals surface area contributed by atoms with E-state index in [4.69, 9.17) is 14.5 Å². The van der Waals surface area contributed by atoms with Crippen molar-refractivity contribution in [3.63, 3.8) is 0 Å². The number of fused-ring (bicyclic) bond motifs is 5. The number of nitrogens with one attached hydrogen (secondary N) is 1. The largest absolute Gasteiger partial charge is 0.508 e. The number of esters is 2. The van der Waals surface area contributed by atoms with Gasteiger partial charge in [0.1, 0.15) is 18.9 Å². The van der Waals surface area contributed by atoms with Crippen LogP contribution in [-0.4, -0.2) is 58.0 Å². The zero-order chi connectivity index (χ0) is 28.1. The van der Waals surface area contributed by atoms with Gasteiger partial charge in [0.2, 0.25) is 11.5 Å². The normalized spacial score (nSPS) is 17.4. The summed E-state index contributed by atoms with van der Waals surface area (Å²) in [7, 11) is 3.82. The molecule has 3 aromatic rings. The van der Waals surface area contributed by atoms with Gasteiger partial charge in [-0.1, -0.05) is 13.8 Å². The van der Waals surface area contributed by atoms with Gasteiger partial charge in [0.25, 0.3) is 5.56 Å². The van der Waals surface area contributed by atoms with E-state index >= 15 is 0 Å². The van der Waals surface area contributed by atoms with Gasteiger partial charge in [-0.25, -0.2) is 9.78 Å². The average molecular weight is 535 g/mol. The monoisotopic (exact) mass is 534 g/mol. The molecule has 39 heavy (non-hydrogen) atoms. The van der Waals surface area contributed by atoms with Gasteiger partial charge >= 0.3 is 11.9 Å². The Morgan fingerprint density at radius 1 is 1.23 bits per heavy atom. The molecule has 1 atom stereocenters. The van der Waals surface area contributed by atoms with E-state index in [9.17, 15) is 24.3 Å². The van der Waals surface area contributed by atoms with E-state index in [-0.39, 0.29) is 54.3 Å². The Balaban J connectivity index is 1.63. The summed E-state index contributed by atoms with van der Waals surface area (Å²) in [4.78, 5) is 57.9. The summed E-state index contributed by atoms with van der Waals surface area (Å²) in [6.45, 7) is 3.42. The molecule has 0 bridgehead atoms. The Bertz CT molecular complexity index is 1590. The highest BCUT2D eigenvalue weighted by atomic mass is 16.6. The predicted octanol–water partition coefficient (Wildman–Crippen LogP) is 1.92. The number of rotatable bonds is 7. The smallest absolute Gasteiger partial charge is 0.355 e. The van der Waals surface area contributed by atoms with Crippen LogP contribution < -0.4 is 10.9 Å². The Hall–Kier alpha value is -4.25. The maximum absolute atomic E-state index is 13.7. The first-order valence-corrected chi connectivity index (χ1v) is 12.8. The third kappa shape index (κ3) is 4.32. The molecule has 5 rings (SSSR count). The van der Waals surface area contributed by atoms with Crippen molar-refractivity contribution in [3.05, 3.63) is 56.9 Å². The molecule has 0 saturated heterocycles. The number of aromatic hydroxyl groups is 1. The van der Waals surface area contributed by atoms with Gasteiger partial charge in [0.15, 0.2) is 0 Å². The molecule has 0 spiro atoms. The summed E-state index contributed by atoms with van der Waals surface area (Å²) in [6.07, 6.45) is 0.220. The highest BCUT2D eigenvalue weighted by Gasteiger charge is 2.50. The molecule has 4 heterocycles. The van der Waals surface area contributed by atoms with Crippen LogP contribution in [0.5, 0.6) is 5.75 Å². The molecular formula is C28H30N4O7. The van der Waals surface area contributed by atoms with Gasteiger partial charge in [-0.05, 0) is 44.8 Å². The zero-order valence-corrected chi connectivity index (χ0v) is 22.3. The number of phenols is 1. The van der Waals surface area contributed by atoms with Gasteiger partial charge in [0.05, 0.1) is 29.0 Å². The molecule has 1 unspecified atom stereocenters. The van der Waals surface area contributed by atoms with Gasteiger partial charge in [0, 0.05) is 35.0 Å². The number of carbonyl (C=O) groups is 3. The predicted molar refractivity (Wildman–Crippen MR) is 141 cm³/mol. The second-order valence-electron chi connectivity index (χ2n) is 10.0. The number of hydrogen-bond donors (Lipinski definition) is 2. The van der Waals surface area contributed by atoms with Crippen LogP contribution in [0.25, 0.3) is 22.3 Å². The van der Waals surface area contributed by atoms with Crippen molar-refractivity contribution in [1.29, 1.82) is 0 Å². The first kappa shape index (κ1) is 26.4. The lowest BCUT2D eigenvalue weighted by molar-refractivity contribution is -0.189. The fourth-order valence-electron chi connectivity index (χ4n) is 5.27. The minimum atomic E-state index is -1.83. The Morgan fingerprint density at radius 2 is 2.00 bits per heavy atom. The highest BCUT2D eigenvalue weighted by Crippen LogP contribution is 2.41.